The van der Waals surface area contributed by atoms with Gasteiger partial charge in [-0.3, -0.25) is 0 Å². The molecule has 0 saturated heterocycles. The zero-order valence-electron chi connectivity index (χ0n) is 11.8. The summed E-state index contributed by atoms with van der Waals surface area (Å²) in [4.78, 5) is 22.2. The van der Waals surface area contributed by atoms with Crippen molar-refractivity contribution in [1.82, 2.24) is 0 Å². The Bertz CT molecular complexity index is 749. The van der Waals surface area contributed by atoms with Crippen LogP contribution in [0.3, 0.4) is 0 Å². The first-order chi connectivity index (χ1) is 10.7. The summed E-state index contributed by atoms with van der Waals surface area (Å²) >= 11 is 0. The van der Waals surface area contributed by atoms with Crippen LogP contribution in [0, 0.1) is 0 Å². The van der Waals surface area contributed by atoms with Crippen LogP contribution in [0.5, 0.6) is 11.5 Å². The maximum atomic E-state index is 11.1. The molecule has 23 heavy (non-hydrogen) atoms. The maximum absolute atomic E-state index is 11.1. The summed E-state index contributed by atoms with van der Waals surface area (Å²) in [5, 5.41) is 37.5. The minimum absolute atomic E-state index is 0.0717. The lowest BCUT2D eigenvalue weighted by atomic mass is 9.98. The SMILES string of the molecule is Nc1c(O)cc(Cc2cc(O)c(N)c(C(=O)O)c2)cc1C(=O)O. The van der Waals surface area contributed by atoms with Crippen LogP contribution in [0.1, 0.15) is 31.8 Å². The highest BCUT2D eigenvalue weighted by molar-refractivity contribution is 5.96. The molecule has 0 spiro atoms. The Kier molecular flexibility index (Phi) is 4.00. The molecule has 0 amide bonds. The Morgan fingerprint density at radius 1 is 0.783 bits per heavy atom. The first-order valence-electron chi connectivity index (χ1n) is 6.40. The summed E-state index contributed by atoms with van der Waals surface area (Å²) in [5.41, 5.74) is 10.7. The number of hydrogen-bond acceptors (Lipinski definition) is 6. The van der Waals surface area contributed by atoms with Gasteiger partial charge in [-0.05, 0) is 41.8 Å². The van der Waals surface area contributed by atoms with Gasteiger partial charge < -0.3 is 31.9 Å². The van der Waals surface area contributed by atoms with E-state index >= 15 is 0 Å². The zero-order valence-corrected chi connectivity index (χ0v) is 11.8. The Balaban J connectivity index is 2.48. The fourth-order valence-corrected chi connectivity index (χ4v) is 2.19. The molecule has 0 aliphatic carbocycles. The maximum Gasteiger partial charge on any atom is 0.337 e. The molecule has 120 valence electrons. The Morgan fingerprint density at radius 2 is 1.13 bits per heavy atom. The molecule has 2 rings (SSSR count). The molecule has 0 saturated carbocycles. The number of rotatable bonds is 4. The fourth-order valence-electron chi connectivity index (χ4n) is 2.19. The first-order valence-corrected chi connectivity index (χ1v) is 6.40. The van der Waals surface area contributed by atoms with Gasteiger partial charge in [0, 0.05) is 0 Å². The first kappa shape index (κ1) is 16.0. The highest BCUT2D eigenvalue weighted by atomic mass is 16.4. The summed E-state index contributed by atoms with van der Waals surface area (Å²) in [7, 11) is 0. The van der Waals surface area contributed by atoms with E-state index in [0.29, 0.717) is 11.1 Å². The van der Waals surface area contributed by atoms with E-state index in [1.54, 1.807) is 0 Å². The molecule has 0 aromatic heterocycles. The molecule has 2 aromatic carbocycles. The quantitative estimate of drug-likeness (QED) is 0.361. The predicted octanol–water partition coefficient (Wildman–Crippen LogP) is 1.25. The topological polar surface area (TPSA) is 167 Å². The van der Waals surface area contributed by atoms with Gasteiger partial charge in [0.1, 0.15) is 11.5 Å². The predicted molar refractivity (Wildman–Crippen MR) is 81.8 cm³/mol. The largest absolute Gasteiger partial charge is 0.506 e. The van der Waals surface area contributed by atoms with Crippen molar-refractivity contribution in [2.45, 2.75) is 6.42 Å². The third kappa shape index (κ3) is 3.10. The average molecular weight is 318 g/mol. The molecular formula is C15H14N2O6. The number of aromatic carboxylic acids is 2. The molecule has 8 N–H and O–H groups in total. The molecule has 8 nitrogen and oxygen atoms in total. The second kappa shape index (κ2) is 5.76. The van der Waals surface area contributed by atoms with Gasteiger partial charge in [0.2, 0.25) is 0 Å². The summed E-state index contributed by atoms with van der Waals surface area (Å²) in [6, 6.07) is 5.09. The summed E-state index contributed by atoms with van der Waals surface area (Å²) in [6.45, 7) is 0. The third-order valence-electron chi connectivity index (χ3n) is 3.31. The van der Waals surface area contributed by atoms with E-state index in [-0.39, 0.29) is 28.9 Å². The third-order valence-corrected chi connectivity index (χ3v) is 3.31. The molecule has 0 bridgehead atoms. The van der Waals surface area contributed by atoms with Crippen LogP contribution in [0.25, 0.3) is 0 Å². The van der Waals surface area contributed by atoms with Gasteiger partial charge in [0.15, 0.2) is 0 Å². The van der Waals surface area contributed by atoms with Crippen LogP contribution < -0.4 is 11.5 Å². The number of carbonyl (C=O) groups is 2. The molecule has 0 heterocycles. The fraction of sp³-hybridized carbons (Fsp3) is 0.0667. The van der Waals surface area contributed by atoms with E-state index in [0.717, 1.165) is 0 Å². The van der Waals surface area contributed by atoms with Crippen molar-refractivity contribution in [3.63, 3.8) is 0 Å². The molecule has 0 radical (unpaired) electrons. The van der Waals surface area contributed by atoms with Crippen LogP contribution in [0.15, 0.2) is 24.3 Å². The van der Waals surface area contributed by atoms with Crippen LogP contribution >= 0.6 is 0 Å². The Morgan fingerprint density at radius 3 is 1.43 bits per heavy atom. The number of aromatic hydroxyl groups is 2. The van der Waals surface area contributed by atoms with Crippen molar-refractivity contribution >= 4 is 23.3 Å². The summed E-state index contributed by atoms with van der Waals surface area (Å²) < 4.78 is 0. The van der Waals surface area contributed by atoms with E-state index in [9.17, 15) is 19.8 Å². The van der Waals surface area contributed by atoms with Crippen molar-refractivity contribution in [2.75, 3.05) is 11.5 Å². The number of nitrogen functional groups attached to an aromatic ring is 2. The van der Waals surface area contributed by atoms with Gasteiger partial charge in [-0.1, -0.05) is 0 Å². The van der Waals surface area contributed by atoms with Crippen molar-refractivity contribution in [3.05, 3.63) is 46.5 Å². The molecule has 0 aliphatic heterocycles. The van der Waals surface area contributed by atoms with Gasteiger partial charge >= 0.3 is 11.9 Å². The number of phenolic OH excluding ortho intramolecular Hbond substituents is 2. The molecule has 8 heteroatoms. The van der Waals surface area contributed by atoms with E-state index in [1.165, 1.54) is 24.3 Å². The highest BCUT2D eigenvalue weighted by Crippen LogP contribution is 2.30. The number of carboxylic acids is 2. The lowest BCUT2D eigenvalue weighted by molar-refractivity contribution is 0.0687. The summed E-state index contributed by atoms with van der Waals surface area (Å²) in [5.74, 6) is -3.38. The molecule has 2 aromatic rings. The van der Waals surface area contributed by atoms with Crippen LogP contribution in [0.4, 0.5) is 11.4 Å². The number of anilines is 2. The average Bonchev–Trinajstić information content (AvgIpc) is 2.45. The number of carboxylic acid groups (broad SMARTS) is 2. The van der Waals surface area contributed by atoms with Gasteiger partial charge in [-0.2, -0.15) is 0 Å². The molecule has 0 fully saturated rings. The standard InChI is InChI=1S/C15H14N2O6/c16-12-8(14(20)21)2-6(4-10(12)18)1-7-3-9(15(22)23)13(17)11(19)5-7/h2-5,18-19H,1,16-17H2,(H,20,21)(H,22,23). The molecule has 0 atom stereocenters. The number of phenols is 2. The van der Waals surface area contributed by atoms with Crippen molar-refractivity contribution in [2.24, 2.45) is 0 Å². The Hall–Kier alpha value is -3.42. The Labute approximate surface area is 130 Å². The minimum atomic E-state index is -1.30. The number of benzene rings is 2. The lowest BCUT2D eigenvalue weighted by Crippen LogP contribution is -2.06. The van der Waals surface area contributed by atoms with Gasteiger partial charge in [-0.25, -0.2) is 9.59 Å². The molecule has 0 aliphatic rings. The normalized spacial score (nSPS) is 10.4. The minimum Gasteiger partial charge on any atom is -0.506 e. The van der Waals surface area contributed by atoms with Gasteiger partial charge in [0.25, 0.3) is 0 Å². The summed E-state index contributed by atoms with van der Waals surface area (Å²) in [6.07, 6.45) is 0.0717. The zero-order chi connectivity index (χ0) is 17.3. The van der Waals surface area contributed by atoms with E-state index in [1.807, 2.05) is 0 Å². The molecular weight excluding hydrogens is 304 g/mol. The number of hydrogen-bond donors (Lipinski definition) is 6. The van der Waals surface area contributed by atoms with Crippen LogP contribution in [-0.2, 0) is 6.42 Å². The smallest absolute Gasteiger partial charge is 0.337 e. The highest BCUT2D eigenvalue weighted by Gasteiger charge is 2.16. The van der Waals surface area contributed by atoms with Crippen LogP contribution in [-0.4, -0.2) is 32.4 Å². The second-order valence-corrected chi connectivity index (χ2v) is 4.94. The van der Waals surface area contributed by atoms with Crippen molar-refractivity contribution in [1.29, 1.82) is 0 Å². The van der Waals surface area contributed by atoms with Crippen molar-refractivity contribution in [3.8, 4) is 11.5 Å². The van der Waals surface area contributed by atoms with E-state index in [4.69, 9.17) is 21.7 Å². The van der Waals surface area contributed by atoms with Crippen molar-refractivity contribution < 1.29 is 30.0 Å². The van der Waals surface area contributed by atoms with Crippen LogP contribution in [0.2, 0.25) is 0 Å². The monoisotopic (exact) mass is 318 g/mol. The van der Waals surface area contributed by atoms with E-state index in [2.05, 4.69) is 0 Å². The lowest BCUT2D eigenvalue weighted by Gasteiger charge is -2.10. The van der Waals surface area contributed by atoms with Gasteiger partial charge in [0.05, 0.1) is 22.5 Å². The molecule has 0 unspecified atom stereocenters. The number of nitrogens with two attached hydrogens (primary N) is 2. The second-order valence-electron chi connectivity index (χ2n) is 4.94. The van der Waals surface area contributed by atoms with E-state index < -0.39 is 23.4 Å². The van der Waals surface area contributed by atoms with Gasteiger partial charge in [-0.15, -0.1) is 0 Å².